The van der Waals surface area contributed by atoms with Crippen LogP contribution in [0.25, 0.3) is 0 Å². The fourth-order valence-electron chi connectivity index (χ4n) is 6.12. The van der Waals surface area contributed by atoms with Gasteiger partial charge in [-0.05, 0) is 115 Å². The molecule has 2 heterocycles. The van der Waals surface area contributed by atoms with Crippen LogP contribution in [0.2, 0.25) is 5.02 Å². The molecule has 3 aromatic rings. The molecule has 0 radical (unpaired) electrons. The highest BCUT2D eigenvalue weighted by Gasteiger charge is 2.30. The second-order valence-electron chi connectivity index (χ2n) is 12.1. The molecule has 11 heteroatoms. The van der Waals surface area contributed by atoms with Gasteiger partial charge in [-0.2, -0.15) is 9.29 Å². The molecular formula is C32H43ClN6O3S. The molecule has 0 unspecified atom stereocenters. The van der Waals surface area contributed by atoms with Crippen molar-refractivity contribution in [2.75, 3.05) is 37.8 Å². The monoisotopic (exact) mass is 626 g/mol. The van der Waals surface area contributed by atoms with Crippen molar-refractivity contribution in [2.45, 2.75) is 82.3 Å². The number of anilines is 4. The molecule has 0 atom stereocenters. The van der Waals surface area contributed by atoms with E-state index < -0.39 is 10.0 Å². The maximum absolute atomic E-state index is 13.4. The molecule has 1 aliphatic carbocycles. The van der Waals surface area contributed by atoms with E-state index in [1.54, 1.807) is 24.3 Å². The zero-order chi connectivity index (χ0) is 30.7. The van der Waals surface area contributed by atoms with Gasteiger partial charge in [-0.3, -0.25) is 0 Å². The molecule has 1 saturated carbocycles. The number of hydrogen-bond donors (Lipinski definition) is 2. The van der Waals surface area contributed by atoms with Crippen molar-refractivity contribution < 1.29 is 13.2 Å². The zero-order valence-corrected chi connectivity index (χ0v) is 27.3. The summed E-state index contributed by atoms with van der Waals surface area (Å²) >= 11 is 6.50. The van der Waals surface area contributed by atoms with Gasteiger partial charge < -0.3 is 20.3 Å². The van der Waals surface area contributed by atoms with Gasteiger partial charge in [0.25, 0.3) is 0 Å². The Labute approximate surface area is 261 Å². The highest BCUT2D eigenvalue weighted by Crippen LogP contribution is 2.41. The number of nitrogens with one attached hydrogen (secondary N) is 2. The summed E-state index contributed by atoms with van der Waals surface area (Å²) in [6, 6.07) is 11.8. The van der Waals surface area contributed by atoms with Crippen LogP contribution in [-0.2, 0) is 10.0 Å². The minimum absolute atomic E-state index is 0.0157. The standard InChI is InChI=1S/C32H43ClN6O3S/c1-21(2)42-29-19-25(23-12-14-24(15-13-23)38(4)5)22(3)18-28(29)36-32-34-20-26(33)31(37-32)35-27-10-6-7-11-30(27)43(40,41)39-16-8-9-17-39/h6-7,10-11,18-21,23-24H,8-9,12-17H2,1-5H3,(H2,34,35,36,37)/t23-,24-. The van der Waals surface area contributed by atoms with E-state index in [2.05, 4.69) is 58.7 Å². The van der Waals surface area contributed by atoms with E-state index in [0.717, 1.165) is 37.1 Å². The van der Waals surface area contributed by atoms with Gasteiger partial charge in [-0.1, -0.05) is 23.7 Å². The molecular weight excluding hydrogens is 584 g/mol. The minimum Gasteiger partial charge on any atom is -0.489 e. The number of hydrogen-bond acceptors (Lipinski definition) is 8. The third kappa shape index (κ3) is 7.25. The van der Waals surface area contributed by atoms with Crippen LogP contribution in [0.5, 0.6) is 5.75 Å². The Morgan fingerprint density at radius 3 is 2.40 bits per heavy atom. The van der Waals surface area contributed by atoms with Crippen molar-refractivity contribution in [3.8, 4) is 5.75 Å². The molecule has 5 rings (SSSR count). The summed E-state index contributed by atoms with van der Waals surface area (Å²) in [6.45, 7) is 7.22. The number of benzene rings is 2. The third-order valence-corrected chi connectivity index (χ3v) is 10.6. The van der Waals surface area contributed by atoms with E-state index in [1.165, 1.54) is 34.5 Å². The average Bonchev–Trinajstić information content (AvgIpc) is 3.53. The summed E-state index contributed by atoms with van der Waals surface area (Å²) in [5.41, 5.74) is 3.70. The van der Waals surface area contributed by atoms with Gasteiger partial charge in [-0.15, -0.1) is 0 Å². The lowest BCUT2D eigenvalue weighted by Gasteiger charge is -2.33. The number of ether oxygens (including phenoxy) is 1. The highest BCUT2D eigenvalue weighted by molar-refractivity contribution is 7.89. The van der Waals surface area contributed by atoms with Gasteiger partial charge >= 0.3 is 0 Å². The Morgan fingerprint density at radius 1 is 1.02 bits per heavy atom. The second-order valence-corrected chi connectivity index (χ2v) is 14.4. The third-order valence-electron chi connectivity index (χ3n) is 8.41. The summed E-state index contributed by atoms with van der Waals surface area (Å²) in [5, 5.41) is 6.76. The number of aryl methyl sites for hydroxylation is 1. The lowest BCUT2D eigenvalue weighted by atomic mass is 9.80. The largest absolute Gasteiger partial charge is 0.489 e. The summed E-state index contributed by atoms with van der Waals surface area (Å²) < 4.78 is 34.6. The molecule has 0 bridgehead atoms. The van der Waals surface area contributed by atoms with E-state index >= 15 is 0 Å². The molecule has 232 valence electrons. The summed E-state index contributed by atoms with van der Waals surface area (Å²) in [4.78, 5) is 11.6. The van der Waals surface area contributed by atoms with Crippen molar-refractivity contribution >= 4 is 44.8 Å². The molecule has 1 aliphatic heterocycles. The molecule has 43 heavy (non-hydrogen) atoms. The van der Waals surface area contributed by atoms with Crippen molar-refractivity contribution in [1.82, 2.24) is 19.2 Å². The van der Waals surface area contributed by atoms with Crippen molar-refractivity contribution in [3.63, 3.8) is 0 Å². The fraction of sp³-hybridized carbons (Fsp3) is 0.500. The smallest absolute Gasteiger partial charge is 0.245 e. The van der Waals surface area contributed by atoms with E-state index in [0.29, 0.717) is 42.5 Å². The molecule has 2 N–H and O–H groups in total. The van der Waals surface area contributed by atoms with Crippen molar-refractivity contribution in [1.29, 1.82) is 0 Å². The number of nitrogens with zero attached hydrogens (tertiary/aromatic N) is 4. The average molecular weight is 627 g/mol. The molecule has 2 fully saturated rings. The van der Waals surface area contributed by atoms with Gasteiger partial charge in [0.05, 0.1) is 23.7 Å². The van der Waals surface area contributed by atoms with Crippen molar-refractivity contribution in [3.05, 3.63) is 58.7 Å². The normalized spacial score (nSPS) is 19.6. The minimum atomic E-state index is -3.65. The Balaban J connectivity index is 1.41. The first-order valence-corrected chi connectivity index (χ1v) is 17.0. The van der Waals surface area contributed by atoms with Gasteiger partial charge in [0.1, 0.15) is 15.7 Å². The van der Waals surface area contributed by atoms with Gasteiger partial charge in [0.15, 0.2) is 5.82 Å². The predicted octanol–water partition coefficient (Wildman–Crippen LogP) is 7.09. The summed E-state index contributed by atoms with van der Waals surface area (Å²) in [5.74, 6) is 1.87. The van der Waals surface area contributed by atoms with E-state index in [9.17, 15) is 8.42 Å². The maximum Gasteiger partial charge on any atom is 0.245 e. The molecule has 9 nitrogen and oxygen atoms in total. The first-order chi connectivity index (χ1) is 20.5. The number of para-hydroxylation sites is 1. The van der Waals surface area contributed by atoms with Crippen LogP contribution in [-0.4, -0.2) is 66.9 Å². The van der Waals surface area contributed by atoms with Crippen molar-refractivity contribution in [2.24, 2.45) is 0 Å². The predicted molar refractivity (Wildman–Crippen MR) is 174 cm³/mol. The second kappa shape index (κ2) is 13.4. The maximum atomic E-state index is 13.4. The number of sulfonamides is 1. The Morgan fingerprint density at radius 2 is 1.72 bits per heavy atom. The van der Waals surface area contributed by atoms with Crippen LogP contribution in [0.15, 0.2) is 47.5 Å². The van der Waals surface area contributed by atoms with Gasteiger partial charge in [0, 0.05) is 19.1 Å². The molecule has 0 spiro atoms. The van der Waals surface area contributed by atoms with Crippen LogP contribution in [0.1, 0.15) is 69.4 Å². The summed E-state index contributed by atoms with van der Waals surface area (Å²) in [6.07, 6.45) is 7.90. The number of aromatic nitrogens is 2. The Hall–Kier alpha value is -2.92. The molecule has 0 amide bonds. The van der Waals surface area contributed by atoms with Crippen LogP contribution in [0, 0.1) is 6.92 Å². The zero-order valence-electron chi connectivity index (χ0n) is 25.7. The molecule has 1 saturated heterocycles. The van der Waals surface area contributed by atoms with Crippen LogP contribution < -0.4 is 15.4 Å². The lowest BCUT2D eigenvalue weighted by Crippen LogP contribution is -2.31. The van der Waals surface area contributed by atoms with E-state index in [-0.39, 0.29) is 16.0 Å². The van der Waals surface area contributed by atoms with E-state index in [4.69, 9.17) is 16.3 Å². The Kier molecular flexibility index (Phi) is 9.80. The quantitative estimate of drug-likeness (QED) is 0.246. The van der Waals surface area contributed by atoms with Crippen LogP contribution in [0.4, 0.5) is 23.1 Å². The SMILES string of the molecule is Cc1cc(Nc2ncc(Cl)c(Nc3ccccc3S(=O)(=O)N3CCCC3)n2)c(OC(C)C)cc1[C@H]1CC[C@H](N(C)C)CC1. The first-order valence-electron chi connectivity index (χ1n) is 15.2. The van der Waals surface area contributed by atoms with Gasteiger partial charge in [0.2, 0.25) is 16.0 Å². The Bertz CT molecular complexity index is 1530. The summed E-state index contributed by atoms with van der Waals surface area (Å²) in [7, 11) is 0.680. The van der Waals surface area contributed by atoms with E-state index in [1.807, 2.05) is 13.8 Å². The van der Waals surface area contributed by atoms with Crippen LogP contribution >= 0.6 is 11.6 Å². The fourth-order valence-corrected chi connectivity index (χ4v) is 7.92. The molecule has 1 aromatic heterocycles. The first kappa shape index (κ1) is 31.5. The topological polar surface area (TPSA) is 99.7 Å². The van der Waals surface area contributed by atoms with Crippen LogP contribution in [0.3, 0.4) is 0 Å². The molecule has 2 aliphatic rings. The highest BCUT2D eigenvalue weighted by atomic mass is 35.5. The number of rotatable bonds is 10. The van der Waals surface area contributed by atoms with Gasteiger partial charge in [-0.25, -0.2) is 13.4 Å². The lowest BCUT2D eigenvalue weighted by molar-refractivity contribution is 0.215. The number of halogens is 1. The molecule has 2 aromatic carbocycles.